The number of hydrogen-bond acceptors (Lipinski definition) is 4. The number of halogens is 2. The molecule has 2 aliphatic heterocycles. The molecule has 0 radical (unpaired) electrons. The number of fused-ring (bicyclic) bond motifs is 5. The fourth-order valence-electron chi connectivity index (χ4n) is 4.40. The highest BCUT2D eigenvalue weighted by Gasteiger charge is 2.47. The molecule has 0 aromatic heterocycles. The molecule has 1 fully saturated rings. The summed E-state index contributed by atoms with van der Waals surface area (Å²) in [5, 5.41) is -0.782. The van der Waals surface area contributed by atoms with Crippen molar-refractivity contribution in [1.29, 1.82) is 0 Å². The first-order chi connectivity index (χ1) is 16.1. The van der Waals surface area contributed by atoms with Gasteiger partial charge in [-0.05, 0) is 31.9 Å². The molecule has 2 bridgehead atoms. The molecule has 34 heavy (non-hydrogen) atoms. The van der Waals surface area contributed by atoms with Crippen molar-refractivity contribution < 1.29 is 26.7 Å². The van der Waals surface area contributed by atoms with Gasteiger partial charge in [-0.25, -0.2) is 26.7 Å². The smallest absolute Gasteiger partial charge is 0.320 e. The molecule has 1 saturated heterocycles. The summed E-state index contributed by atoms with van der Waals surface area (Å²) in [6, 6.07) is 9.42. The van der Waals surface area contributed by atoms with Gasteiger partial charge in [0, 0.05) is 18.2 Å². The van der Waals surface area contributed by atoms with Crippen LogP contribution in [-0.4, -0.2) is 74.5 Å². The van der Waals surface area contributed by atoms with Crippen LogP contribution in [0.4, 0.5) is 13.6 Å². The zero-order valence-corrected chi connectivity index (χ0v) is 20.2. The topological polar surface area (TPSA) is 79.0 Å². The minimum absolute atomic E-state index is 0.0476. The van der Waals surface area contributed by atoms with Crippen molar-refractivity contribution in [2.45, 2.75) is 43.8 Å². The summed E-state index contributed by atoms with van der Waals surface area (Å²) in [5.74, 6) is -0.0168. The number of alkyl halides is 1. The molecule has 4 rings (SSSR count). The summed E-state index contributed by atoms with van der Waals surface area (Å²) < 4.78 is 64.4. The SMILES string of the molecule is CC(C)S(=O)(=O)N[C@H]1[C@@H](F)CN2C(=O)N(C)CCOc3ccccc3-c3cccc(c3F)C[C@@H]12. The van der Waals surface area contributed by atoms with Crippen LogP contribution in [0.15, 0.2) is 42.5 Å². The Labute approximate surface area is 198 Å². The molecular weight excluding hydrogens is 464 g/mol. The van der Waals surface area contributed by atoms with Crippen LogP contribution in [0.1, 0.15) is 19.4 Å². The summed E-state index contributed by atoms with van der Waals surface area (Å²) in [5.41, 5.74) is 1.16. The summed E-state index contributed by atoms with van der Waals surface area (Å²) in [6.07, 6.45) is -1.68. The maximum Gasteiger partial charge on any atom is 0.320 e. The van der Waals surface area contributed by atoms with Crippen molar-refractivity contribution in [3.05, 3.63) is 53.8 Å². The van der Waals surface area contributed by atoms with E-state index in [9.17, 15) is 13.2 Å². The van der Waals surface area contributed by atoms with Crippen molar-refractivity contribution >= 4 is 16.1 Å². The molecule has 3 atom stereocenters. The molecule has 0 aliphatic carbocycles. The standard InChI is InChI=1S/C24H29F2N3O4S/c1-15(2)34(31,32)27-23-19(25)14-29-20(23)13-16-7-6-9-18(22(16)26)17-8-4-5-10-21(17)33-12-11-28(3)24(29)30/h4-10,15,19-20,23,27H,11-14H2,1-3H3/t19-,20-,23-/m0/s1. The van der Waals surface area contributed by atoms with Crippen molar-refractivity contribution in [3.8, 4) is 16.9 Å². The molecule has 2 aromatic rings. The van der Waals surface area contributed by atoms with E-state index in [0.717, 1.165) is 0 Å². The predicted octanol–water partition coefficient (Wildman–Crippen LogP) is 3.20. The minimum atomic E-state index is -3.83. The molecule has 2 amide bonds. The fourth-order valence-corrected chi connectivity index (χ4v) is 5.36. The maximum absolute atomic E-state index is 15.7. The van der Waals surface area contributed by atoms with Crippen molar-refractivity contribution in [1.82, 2.24) is 14.5 Å². The Hall–Kier alpha value is -2.72. The largest absolute Gasteiger partial charge is 0.491 e. The monoisotopic (exact) mass is 493 g/mol. The molecule has 2 heterocycles. The summed E-state index contributed by atoms with van der Waals surface area (Å²) in [4.78, 5) is 15.9. The van der Waals surface area contributed by atoms with Gasteiger partial charge in [0.1, 0.15) is 24.3 Å². The Bertz CT molecular complexity index is 1170. The maximum atomic E-state index is 15.7. The number of ether oxygens (including phenoxy) is 1. The van der Waals surface area contributed by atoms with Crippen LogP contribution in [0.3, 0.4) is 0 Å². The number of sulfonamides is 1. The molecule has 1 N–H and O–H groups in total. The molecule has 2 aliphatic rings. The van der Waals surface area contributed by atoms with Gasteiger partial charge < -0.3 is 14.5 Å². The Morgan fingerprint density at radius 1 is 1.12 bits per heavy atom. The molecule has 0 unspecified atom stereocenters. The molecule has 184 valence electrons. The van der Waals surface area contributed by atoms with E-state index < -0.39 is 45.4 Å². The van der Waals surface area contributed by atoms with Crippen molar-refractivity contribution in [3.63, 3.8) is 0 Å². The van der Waals surface area contributed by atoms with E-state index in [1.165, 1.54) is 23.6 Å². The molecule has 7 nitrogen and oxygen atoms in total. The first kappa shape index (κ1) is 24.4. The van der Waals surface area contributed by atoms with Crippen molar-refractivity contribution in [2.75, 3.05) is 26.7 Å². The van der Waals surface area contributed by atoms with Gasteiger partial charge in [0.15, 0.2) is 0 Å². The van der Waals surface area contributed by atoms with Crippen LogP contribution in [-0.2, 0) is 16.4 Å². The minimum Gasteiger partial charge on any atom is -0.491 e. The quantitative estimate of drug-likeness (QED) is 0.712. The number of nitrogens with one attached hydrogen (secondary N) is 1. The van der Waals surface area contributed by atoms with E-state index in [4.69, 9.17) is 4.74 Å². The normalized spacial score (nSPS) is 23.5. The van der Waals surface area contributed by atoms with Gasteiger partial charge in [-0.15, -0.1) is 0 Å². The number of amides is 2. The highest BCUT2D eigenvalue weighted by Crippen LogP contribution is 2.35. The van der Waals surface area contributed by atoms with Crippen LogP contribution < -0.4 is 9.46 Å². The lowest BCUT2D eigenvalue weighted by Gasteiger charge is -2.32. The number of para-hydroxylation sites is 1. The number of urea groups is 1. The number of nitrogens with zero attached hydrogens (tertiary/aromatic N) is 2. The summed E-state index contributed by atoms with van der Waals surface area (Å²) >= 11 is 0. The lowest BCUT2D eigenvalue weighted by atomic mass is 9.95. The predicted molar refractivity (Wildman–Crippen MR) is 125 cm³/mol. The Balaban J connectivity index is 1.81. The second-order valence-corrected chi connectivity index (χ2v) is 11.3. The van der Waals surface area contributed by atoms with Gasteiger partial charge in [-0.3, -0.25) is 0 Å². The van der Waals surface area contributed by atoms with E-state index in [0.29, 0.717) is 16.9 Å². The van der Waals surface area contributed by atoms with E-state index in [2.05, 4.69) is 4.72 Å². The van der Waals surface area contributed by atoms with Crippen LogP contribution in [0.2, 0.25) is 0 Å². The second-order valence-electron chi connectivity index (χ2n) is 9.00. The van der Waals surface area contributed by atoms with Gasteiger partial charge in [0.05, 0.1) is 30.4 Å². The Kier molecular flexibility index (Phi) is 6.82. The first-order valence-electron chi connectivity index (χ1n) is 11.3. The summed E-state index contributed by atoms with van der Waals surface area (Å²) in [6.45, 7) is 3.07. The molecule has 0 spiro atoms. The molecule has 0 saturated carbocycles. The van der Waals surface area contributed by atoms with E-state index in [-0.39, 0.29) is 31.7 Å². The zero-order valence-electron chi connectivity index (χ0n) is 19.4. The lowest BCUT2D eigenvalue weighted by Crippen LogP contribution is -2.53. The molecule has 10 heteroatoms. The number of benzene rings is 2. The van der Waals surface area contributed by atoms with E-state index in [1.807, 2.05) is 0 Å². The number of likely N-dealkylation sites (N-methyl/N-ethyl adjacent to an activating group) is 1. The third-order valence-corrected chi connectivity index (χ3v) is 8.28. The highest BCUT2D eigenvalue weighted by atomic mass is 32.2. The van der Waals surface area contributed by atoms with Gasteiger partial charge >= 0.3 is 6.03 Å². The third kappa shape index (κ3) is 4.61. The third-order valence-electron chi connectivity index (χ3n) is 6.44. The highest BCUT2D eigenvalue weighted by molar-refractivity contribution is 7.90. The summed E-state index contributed by atoms with van der Waals surface area (Å²) in [7, 11) is -2.25. The van der Waals surface area contributed by atoms with Gasteiger partial charge in [0.2, 0.25) is 10.0 Å². The van der Waals surface area contributed by atoms with Gasteiger partial charge in [-0.1, -0.05) is 36.4 Å². The lowest BCUT2D eigenvalue weighted by molar-refractivity contribution is 0.146. The second kappa shape index (κ2) is 9.50. The van der Waals surface area contributed by atoms with Crippen LogP contribution in [0, 0.1) is 5.82 Å². The average molecular weight is 494 g/mol. The van der Waals surface area contributed by atoms with Gasteiger partial charge in [0.25, 0.3) is 0 Å². The van der Waals surface area contributed by atoms with E-state index in [1.54, 1.807) is 49.5 Å². The Morgan fingerprint density at radius 2 is 1.82 bits per heavy atom. The Morgan fingerprint density at radius 3 is 2.56 bits per heavy atom. The number of carbonyl (C=O) groups is 1. The number of hydrogen-bond donors (Lipinski definition) is 1. The van der Waals surface area contributed by atoms with Crippen LogP contribution >= 0.6 is 0 Å². The van der Waals surface area contributed by atoms with Crippen LogP contribution in [0.5, 0.6) is 5.75 Å². The number of carbonyl (C=O) groups excluding carboxylic acids is 1. The molecular formula is C24H29F2N3O4S. The average Bonchev–Trinajstić information content (AvgIpc) is 3.09. The first-order valence-corrected chi connectivity index (χ1v) is 12.8. The van der Waals surface area contributed by atoms with Crippen LogP contribution in [0.25, 0.3) is 11.1 Å². The number of rotatable bonds is 3. The van der Waals surface area contributed by atoms with E-state index >= 15 is 8.78 Å². The van der Waals surface area contributed by atoms with Crippen molar-refractivity contribution in [2.24, 2.45) is 0 Å². The fraction of sp³-hybridized carbons (Fsp3) is 0.458. The van der Waals surface area contributed by atoms with Gasteiger partial charge in [-0.2, -0.15) is 0 Å². The zero-order chi connectivity index (χ0) is 24.6. The molecule has 2 aromatic carbocycles.